The number of carbonyl (C=O) groups excluding carboxylic acids is 2. The van der Waals surface area contributed by atoms with Gasteiger partial charge in [0, 0.05) is 6.07 Å². The van der Waals surface area contributed by atoms with E-state index in [4.69, 9.17) is 4.42 Å². The maximum absolute atomic E-state index is 13.1. The van der Waals surface area contributed by atoms with Gasteiger partial charge in [-0.1, -0.05) is 0 Å². The molecule has 1 heterocycles. The van der Waals surface area contributed by atoms with Gasteiger partial charge in [-0.15, -0.1) is 0 Å². The summed E-state index contributed by atoms with van der Waals surface area (Å²) < 4.78 is 22.5. The van der Waals surface area contributed by atoms with Gasteiger partial charge < -0.3 is 19.6 Å². The van der Waals surface area contributed by atoms with Gasteiger partial charge in [-0.2, -0.15) is 0 Å². The number of ether oxygens (including phenoxy) is 1. The molecule has 0 radical (unpaired) electrons. The van der Waals surface area contributed by atoms with Gasteiger partial charge >= 0.3 is 11.6 Å². The third-order valence-corrected chi connectivity index (χ3v) is 2.77. The van der Waals surface area contributed by atoms with Crippen LogP contribution in [0.1, 0.15) is 17.3 Å². The van der Waals surface area contributed by atoms with Crippen LogP contribution >= 0.6 is 0 Å². The lowest BCUT2D eigenvalue weighted by Gasteiger charge is -2.07. The summed E-state index contributed by atoms with van der Waals surface area (Å²) >= 11 is 0. The summed E-state index contributed by atoms with van der Waals surface area (Å²) in [5.41, 5.74) is -2.00. The van der Waals surface area contributed by atoms with Crippen molar-refractivity contribution in [2.75, 3.05) is 13.2 Å². The minimum Gasteiger partial charge on any atom is -0.506 e. The van der Waals surface area contributed by atoms with Crippen molar-refractivity contribution in [3.63, 3.8) is 0 Å². The summed E-state index contributed by atoms with van der Waals surface area (Å²) in [7, 11) is 0. The van der Waals surface area contributed by atoms with E-state index in [2.05, 4.69) is 10.1 Å². The maximum Gasteiger partial charge on any atom is 0.353 e. The highest BCUT2D eigenvalue weighted by Gasteiger charge is 2.21. The van der Waals surface area contributed by atoms with Gasteiger partial charge in [0.1, 0.15) is 23.7 Å². The number of hydrogen-bond acceptors (Lipinski definition) is 6. The zero-order valence-electron chi connectivity index (χ0n) is 11.5. The van der Waals surface area contributed by atoms with E-state index >= 15 is 0 Å². The van der Waals surface area contributed by atoms with Crippen LogP contribution in [0.4, 0.5) is 4.39 Å². The summed E-state index contributed by atoms with van der Waals surface area (Å²) in [6, 6.07) is 3.13. The lowest BCUT2D eigenvalue weighted by molar-refractivity contribution is -0.141. The average molecular weight is 309 g/mol. The Balaban J connectivity index is 2.35. The van der Waals surface area contributed by atoms with Crippen LogP contribution in [0.25, 0.3) is 11.0 Å². The molecule has 2 N–H and O–H groups in total. The molecule has 1 aromatic heterocycles. The Bertz CT molecular complexity index is 798. The fraction of sp³-hybridized carbons (Fsp3) is 0.214. The van der Waals surface area contributed by atoms with Crippen LogP contribution in [0.2, 0.25) is 0 Å². The van der Waals surface area contributed by atoms with Gasteiger partial charge in [-0.3, -0.25) is 9.59 Å². The number of esters is 1. The maximum atomic E-state index is 13.1. The van der Waals surface area contributed by atoms with Crippen LogP contribution in [0, 0.1) is 5.82 Å². The normalized spacial score (nSPS) is 10.5. The molecule has 0 aliphatic rings. The average Bonchev–Trinajstić information content (AvgIpc) is 2.45. The zero-order chi connectivity index (χ0) is 16.3. The summed E-state index contributed by atoms with van der Waals surface area (Å²) in [6.07, 6.45) is 0. The molecular weight excluding hydrogens is 297 g/mol. The molecule has 1 amide bonds. The molecule has 0 aliphatic carbocycles. The van der Waals surface area contributed by atoms with Crippen LogP contribution in [-0.4, -0.2) is 30.1 Å². The molecule has 0 spiro atoms. The first-order valence-electron chi connectivity index (χ1n) is 6.33. The lowest BCUT2D eigenvalue weighted by atomic mass is 10.1. The number of aromatic hydroxyl groups is 1. The molecule has 0 unspecified atom stereocenters. The first-order valence-corrected chi connectivity index (χ1v) is 6.33. The standard InChI is InChI=1S/C14H12FNO6/c1-2-21-10(17)6-16-13(19)11-12(18)8-4-3-7(15)5-9(8)22-14(11)20/h3-5,18H,2,6H2,1H3,(H,16,19). The lowest BCUT2D eigenvalue weighted by Crippen LogP contribution is -2.33. The fourth-order valence-corrected chi connectivity index (χ4v) is 1.81. The molecule has 0 saturated carbocycles. The summed E-state index contributed by atoms with van der Waals surface area (Å²) in [5.74, 6) is -2.99. The van der Waals surface area contributed by atoms with Gasteiger partial charge in [0.25, 0.3) is 5.91 Å². The van der Waals surface area contributed by atoms with Crippen molar-refractivity contribution in [3.8, 4) is 5.75 Å². The minimum atomic E-state index is -1.14. The van der Waals surface area contributed by atoms with Crippen LogP contribution in [0.5, 0.6) is 5.75 Å². The third kappa shape index (κ3) is 3.05. The first-order chi connectivity index (χ1) is 10.4. The van der Waals surface area contributed by atoms with Crippen molar-refractivity contribution < 1.29 is 28.2 Å². The van der Waals surface area contributed by atoms with Crippen LogP contribution in [0.3, 0.4) is 0 Å². The number of fused-ring (bicyclic) bond motifs is 1. The molecule has 22 heavy (non-hydrogen) atoms. The minimum absolute atomic E-state index is 0.00212. The predicted octanol–water partition coefficient (Wildman–Crippen LogP) is 0.931. The Hall–Kier alpha value is -2.90. The molecule has 0 bridgehead atoms. The summed E-state index contributed by atoms with van der Waals surface area (Å²) in [5, 5.41) is 12.1. The second-order valence-electron chi connectivity index (χ2n) is 4.24. The highest BCUT2D eigenvalue weighted by molar-refractivity contribution is 6.02. The SMILES string of the molecule is CCOC(=O)CNC(=O)c1c(O)c2ccc(F)cc2oc1=O. The van der Waals surface area contributed by atoms with Crippen LogP contribution in [0.15, 0.2) is 27.4 Å². The van der Waals surface area contributed by atoms with Crippen molar-refractivity contribution in [2.24, 2.45) is 0 Å². The molecule has 0 aliphatic heterocycles. The summed E-state index contributed by atoms with van der Waals surface area (Å²) in [4.78, 5) is 34.8. The highest BCUT2D eigenvalue weighted by atomic mass is 19.1. The number of rotatable bonds is 4. The van der Waals surface area contributed by atoms with Crippen LogP contribution < -0.4 is 10.9 Å². The van der Waals surface area contributed by atoms with Gasteiger partial charge in [0.05, 0.1) is 12.0 Å². The van der Waals surface area contributed by atoms with Gasteiger partial charge in [-0.25, -0.2) is 9.18 Å². The van der Waals surface area contributed by atoms with Crippen LogP contribution in [-0.2, 0) is 9.53 Å². The monoisotopic (exact) mass is 309 g/mol. The fourth-order valence-electron chi connectivity index (χ4n) is 1.81. The number of hydrogen-bond donors (Lipinski definition) is 2. The van der Waals surface area contributed by atoms with E-state index in [0.29, 0.717) is 0 Å². The smallest absolute Gasteiger partial charge is 0.353 e. The van der Waals surface area contributed by atoms with E-state index in [1.54, 1.807) is 6.92 Å². The van der Waals surface area contributed by atoms with Gasteiger partial charge in [0.15, 0.2) is 5.56 Å². The number of halogens is 1. The molecule has 0 atom stereocenters. The number of carbonyl (C=O) groups is 2. The predicted molar refractivity (Wildman–Crippen MR) is 73.1 cm³/mol. The number of nitrogens with one attached hydrogen (secondary N) is 1. The Kier molecular flexibility index (Phi) is 4.40. The first kappa shape index (κ1) is 15.5. The molecule has 116 valence electrons. The molecule has 1 aromatic carbocycles. The second-order valence-corrected chi connectivity index (χ2v) is 4.24. The molecule has 8 heteroatoms. The van der Waals surface area contributed by atoms with E-state index in [1.165, 1.54) is 6.07 Å². The molecule has 0 fully saturated rings. The second kappa shape index (κ2) is 6.25. The van der Waals surface area contributed by atoms with E-state index in [-0.39, 0.29) is 17.6 Å². The Morgan fingerprint density at radius 2 is 2.14 bits per heavy atom. The largest absolute Gasteiger partial charge is 0.506 e. The van der Waals surface area contributed by atoms with E-state index < -0.39 is 41.2 Å². The topological polar surface area (TPSA) is 106 Å². The van der Waals surface area contributed by atoms with Crippen molar-refractivity contribution in [3.05, 3.63) is 40.0 Å². The molecule has 7 nitrogen and oxygen atoms in total. The van der Waals surface area contributed by atoms with Crippen molar-refractivity contribution in [1.82, 2.24) is 5.32 Å². The number of amides is 1. The molecular formula is C14H12FNO6. The number of benzene rings is 1. The van der Waals surface area contributed by atoms with Gasteiger partial charge in [0.2, 0.25) is 0 Å². The quantitative estimate of drug-likeness (QED) is 0.643. The highest BCUT2D eigenvalue weighted by Crippen LogP contribution is 2.26. The van der Waals surface area contributed by atoms with Crippen molar-refractivity contribution >= 4 is 22.8 Å². The van der Waals surface area contributed by atoms with E-state index in [0.717, 1.165) is 12.1 Å². The zero-order valence-corrected chi connectivity index (χ0v) is 11.5. The Morgan fingerprint density at radius 3 is 2.82 bits per heavy atom. The van der Waals surface area contributed by atoms with E-state index in [9.17, 15) is 23.9 Å². The molecule has 2 aromatic rings. The molecule has 2 rings (SSSR count). The van der Waals surface area contributed by atoms with E-state index in [1.807, 2.05) is 0 Å². The Morgan fingerprint density at radius 1 is 1.41 bits per heavy atom. The van der Waals surface area contributed by atoms with Crippen molar-refractivity contribution in [1.29, 1.82) is 0 Å². The summed E-state index contributed by atoms with van der Waals surface area (Å²) in [6.45, 7) is 1.28. The third-order valence-electron chi connectivity index (χ3n) is 2.77. The molecule has 0 saturated heterocycles. The Labute approximate surface area is 123 Å². The van der Waals surface area contributed by atoms with Crippen molar-refractivity contribution in [2.45, 2.75) is 6.92 Å². The van der Waals surface area contributed by atoms with Gasteiger partial charge in [-0.05, 0) is 19.1 Å².